The van der Waals surface area contributed by atoms with Crippen molar-refractivity contribution in [3.63, 3.8) is 0 Å². The van der Waals surface area contributed by atoms with E-state index in [9.17, 15) is 13.2 Å². The lowest BCUT2D eigenvalue weighted by Crippen LogP contribution is -2.41. The minimum Gasteiger partial charge on any atom is -0.487 e. The molecule has 2 aromatic rings. The third-order valence-electron chi connectivity index (χ3n) is 5.91. The number of likely N-dealkylation sites (tertiary alicyclic amines) is 1. The fraction of sp³-hybridized carbons (Fsp3) is 0.435. The summed E-state index contributed by atoms with van der Waals surface area (Å²) in [5, 5.41) is 0. The Morgan fingerprint density at radius 2 is 1.87 bits per heavy atom. The van der Waals surface area contributed by atoms with Crippen LogP contribution in [0, 0.1) is 0 Å². The number of ether oxygens (including phenoxy) is 1. The van der Waals surface area contributed by atoms with Gasteiger partial charge in [0.05, 0.1) is 17.1 Å². The van der Waals surface area contributed by atoms with Gasteiger partial charge in [-0.1, -0.05) is 30.3 Å². The molecule has 2 aliphatic heterocycles. The Kier molecular flexibility index (Phi) is 6.31. The van der Waals surface area contributed by atoms with Crippen molar-refractivity contribution in [1.82, 2.24) is 9.62 Å². The molecule has 0 aromatic heterocycles. The lowest BCUT2D eigenvalue weighted by molar-refractivity contribution is -0.117. The summed E-state index contributed by atoms with van der Waals surface area (Å²) in [6, 6.07) is 14.7. The minimum absolute atomic E-state index is 0.0194. The highest BCUT2D eigenvalue weighted by molar-refractivity contribution is 7.89. The smallest absolute Gasteiger partial charge is 0.240 e. The van der Waals surface area contributed by atoms with E-state index >= 15 is 0 Å². The Morgan fingerprint density at radius 1 is 1.16 bits per heavy atom. The number of carbonyl (C=O) groups excluding carboxylic acids is 1. The summed E-state index contributed by atoms with van der Waals surface area (Å²) in [7, 11) is -3.76. The monoisotopic (exact) mass is 443 g/mol. The molecule has 8 heteroatoms. The molecule has 2 aliphatic rings. The van der Waals surface area contributed by atoms with Gasteiger partial charge in [-0.15, -0.1) is 0 Å². The van der Waals surface area contributed by atoms with Crippen molar-refractivity contribution in [3.05, 3.63) is 54.1 Å². The summed E-state index contributed by atoms with van der Waals surface area (Å²) < 4.78 is 34.9. The van der Waals surface area contributed by atoms with Crippen LogP contribution in [0.5, 0.6) is 5.75 Å². The maximum Gasteiger partial charge on any atom is 0.240 e. The summed E-state index contributed by atoms with van der Waals surface area (Å²) in [5.41, 5.74) is 1.59. The van der Waals surface area contributed by atoms with Gasteiger partial charge in [0, 0.05) is 19.5 Å². The number of sulfonamides is 1. The quantitative estimate of drug-likeness (QED) is 0.743. The Bertz CT molecular complexity index is 1040. The highest BCUT2D eigenvalue weighted by Crippen LogP contribution is 2.35. The predicted molar refractivity (Wildman–Crippen MR) is 120 cm³/mol. The van der Waals surface area contributed by atoms with Crippen LogP contribution in [0.3, 0.4) is 0 Å². The molecule has 1 amide bonds. The van der Waals surface area contributed by atoms with Gasteiger partial charge in [0.2, 0.25) is 15.9 Å². The lowest BCUT2D eigenvalue weighted by Gasteiger charge is -2.33. The summed E-state index contributed by atoms with van der Waals surface area (Å²) >= 11 is 0. The first-order chi connectivity index (χ1) is 14.8. The number of amides is 1. The second kappa shape index (κ2) is 8.98. The van der Waals surface area contributed by atoms with E-state index in [1.165, 1.54) is 19.1 Å². The maximum atomic E-state index is 13.1. The molecule has 0 saturated carbocycles. The van der Waals surface area contributed by atoms with Crippen molar-refractivity contribution < 1.29 is 17.9 Å². The number of benzene rings is 2. The number of hydrogen-bond donors (Lipinski definition) is 1. The third kappa shape index (κ3) is 4.76. The lowest BCUT2D eigenvalue weighted by atomic mass is 10.1. The normalized spacial score (nSPS) is 20.2. The van der Waals surface area contributed by atoms with Crippen LogP contribution in [-0.2, 0) is 14.8 Å². The van der Waals surface area contributed by atoms with Crippen LogP contribution in [0.1, 0.15) is 38.3 Å². The number of anilines is 1. The Morgan fingerprint density at radius 3 is 2.55 bits per heavy atom. The molecule has 0 radical (unpaired) electrons. The van der Waals surface area contributed by atoms with Crippen molar-refractivity contribution >= 4 is 21.6 Å². The van der Waals surface area contributed by atoms with Gasteiger partial charge in [0.15, 0.2) is 0 Å². The molecule has 4 rings (SSSR count). The SMILES string of the molecule is CC(=O)N1CC(C)Oc2ccc(S(=O)(=O)NCC(c3ccccc3)N3CCCC3)cc21. The van der Waals surface area contributed by atoms with Gasteiger partial charge >= 0.3 is 0 Å². The average molecular weight is 444 g/mol. The second-order valence-electron chi connectivity index (χ2n) is 8.21. The highest BCUT2D eigenvalue weighted by Gasteiger charge is 2.29. The summed E-state index contributed by atoms with van der Waals surface area (Å²) in [5.74, 6) is 0.379. The van der Waals surface area contributed by atoms with Crippen LogP contribution in [0.4, 0.5) is 5.69 Å². The van der Waals surface area contributed by atoms with Crippen molar-refractivity contribution in [2.75, 3.05) is 31.1 Å². The molecule has 0 aliphatic carbocycles. The minimum atomic E-state index is -3.76. The van der Waals surface area contributed by atoms with Gasteiger partial charge in [-0.2, -0.15) is 0 Å². The van der Waals surface area contributed by atoms with Crippen molar-refractivity contribution in [2.24, 2.45) is 0 Å². The topological polar surface area (TPSA) is 78.9 Å². The standard InChI is InChI=1S/C23H29N3O4S/c1-17-16-26(18(2)27)21-14-20(10-11-23(21)30-17)31(28,29)24-15-22(25-12-6-7-13-25)19-8-4-3-5-9-19/h3-5,8-11,14,17,22,24H,6-7,12-13,15-16H2,1-2H3. The Balaban J connectivity index is 1.57. The van der Waals surface area contributed by atoms with Gasteiger partial charge in [0.1, 0.15) is 11.9 Å². The van der Waals surface area contributed by atoms with E-state index in [2.05, 4.69) is 9.62 Å². The highest BCUT2D eigenvalue weighted by atomic mass is 32.2. The van der Waals surface area contributed by atoms with Gasteiger partial charge in [0.25, 0.3) is 0 Å². The van der Waals surface area contributed by atoms with Gasteiger partial charge in [-0.05, 0) is 56.6 Å². The maximum absolute atomic E-state index is 13.1. The van der Waals surface area contributed by atoms with Crippen LogP contribution in [0.2, 0.25) is 0 Å². The van der Waals surface area contributed by atoms with Crippen LogP contribution in [0.15, 0.2) is 53.4 Å². The third-order valence-corrected chi connectivity index (χ3v) is 7.33. The Hall–Kier alpha value is -2.42. The average Bonchev–Trinajstić information content (AvgIpc) is 3.28. The zero-order chi connectivity index (χ0) is 22.0. The summed E-state index contributed by atoms with van der Waals surface area (Å²) in [6.07, 6.45) is 2.10. The zero-order valence-corrected chi connectivity index (χ0v) is 18.8. The Labute approximate surface area is 184 Å². The number of hydrogen-bond acceptors (Lipinski definition) is 5. The molecular formula is C23H29N3O4S. The van der Waals surface area contributed by atoms with Crippen molar-refractivity contribution in [1.29, 1.82) is 0 Å². The van der Waals surface area contributed by atoms with Gasteiger partial charge < -0.3 is 9.64 Å². The number of rotatable bonds is 6. The number of fused-ring (bicyclic) bond motifs is 1. The summed E-state index contributed by atoms with van der Waals surface area (Å²) in [6.45, 7) is 5.96. The van der Waals surface area contributed by atoms with E-state index < -0.39 is 10.0 Å². The van der Waals surface area contributed by atoms with Crippen molar-refractivity contribution in [3.8, 4) is 5.75 Å². The number of nitrogens with zero attached hydrogens (tertiary/aromatic N) is 2. The van der Waals surface area contributed by atoms with E-state index in [0.717, 1.165) is 31.5 Å². The van der Waals surface area contributed by atoms with E-state index in [-0.39, 0.29) is 29.5 Å². The molecule has 2 heterocycles. The van der Waals surface area contributed by atoms with Crippen LogP contribution < -0.4 is 14.4 Å². The zero-order valence-electron chi connectivity index (χ0n) is 18.0. The summed E-state index contributed by atoms with van der Waals surface area (Å²) in [4.78, 5) is 16.1. The molecule has 0 bridgehead atoms. The number of nitrogens with one attached hydrogen (secondary N) is 1. The molecule has 1 fully saturated rings. The van der Waals surface area contributed by atoms with E-state index in [1.807, 2.05) is 37.3 Å². The number of carbonyl (C=O) groups is 1. The van der Waals surface area contributed by atoms with E-state index in [4.69, 9.17) is 4.74 Å². The van der Waals surface area contributed by atoms with E-state index in [0.29, 0.717) is 18.0 Å². The van der Waals surface area contributed by atoms with Crippen LogP contribution in [0.25, 0.3) is 0 Å². The van der Waals surface area contributed by atoms with Crippen LogP contribution >= 0.6 is 0 Å². The van der Waals surface area contributed by atoms with E-state index in [1.54, 1.807) is 11.0 Å². The molecule has 166 valence electrons. The molecule has 7 nitrogen and oxygen atoms in total. The fourth-order valence-electron chi connectivity index (χ4n) is 4.34. The largest absolute Gasteiger partial charge is 0.487 e. The first-order valence-electron chi connectivity index (χ1n) is 10.7. The van der Waals surface area contributed by atoms with Gasteiger partial charge in [-0.25, -0.2) is 13.1 Å². The molecule has 31 heavy (non-hydrogen) atoms. The molecule has 0 spiro atoms. The van der Waals surface area contributed by atoms with Gasteiger partial charge in [-0.3, -0.25) is 9.69 Å². The van der Waals surface area contributed by atoms with Crippen LogP contribution in [-0.4, -0.2) is 51.5 Å². The first-order valence-corrected chi connectivity index (χ1v) is 12.2. The molecule has 1 saturated heterocycles. The molecular weight excluding hydrogens is 414 g/mol. The molecule has 1 N–H and O–H groups in total. The molecule has 2 aromatic carbocycles. The fourth-order valence-corrected chi connectivity index (χ4v) is 5.40. The second-order valence-corrected chi connectivity index (χ2v) is 9.98. The predicted octanol–water partition coefficient (Wildman–Crippen LogP) is 2.94. The molecule has 2 unspecified atom stereocenters. The first kappa shape index (κ1) is 21.8. The molecule has 2 atom stereocenters. The van der Waals surface area contributed by atoms with Crippen molar-refractivity contribution in [2.45, 2.75) is 43.7 Å².